The Bertz CT molecular complexity index is 4430. The molecule has 0 bridgehead atoms. The molecule has 12 rings (SSSR count). The van der Waals surface area contributed by atoms with Gasteiger partial charge in [-0.2, -0.15) is 10.2 Å². The summed E-state index contributed by atoms with van der Waals surface area (Å²) in [6.07, 6.45) is -2.19. The summed E-state index contributed by atoms with van der Waals surface area (Å²) in [5.74, 6) is -13.4. The number of carbonyl (C=O) groups is 9. The zero-order valence-electron chi connectivity index (χ0n) is 59.8. The van der Waals surface area contributed by atoms with Gasteiger partial charge in [0.15, 0.2) is 11.5 Å². The molecule has 24 nitrogen and oxygen atoms in total. The summed E-state index contributed by atoms with van der Waals surface area (Å²) in [4.78, 5) is 113. The Hall–Kier alpha value is -11.4. The van der Waals surface area contributed by atoms with Crippen LogP contribution in [0.25, 0.3) is 0 Å². The van der Waals surface area contributed by atoms with E-state index in [0.717, 1.165) is 26.6 Å². The lowest BCUT2D eigenvalue weighted by molar-refractivity contribution is -0.129. The molecule has 4 atom stereocenters. The maximum atomic E-state index is 14.8. The van der Waals surface area contributed by atoms with Crippen molar-refractivity contribution in [2.75, 3.05) is 47.8 Å². The number of carboxylic acid groups (broad SMARTS) is 1. The summed E-state index contributed by atoms with van der Waals surface area (Å²) >= 11 is 0. The first kappa shape index (κ1) is 80.3. The molecule has 0 radical (unpaired) electrons. The number of Topliss-reactive ketones (excluding diaryl/α,β-unsaturated/α-hetero) is 1. The summed E-state index contributed by atoms with van der Waals surface area (Å²) in [5, 5.41) is 31.3. The number of likely N-dealkylation sites (N-methyl/N-ethyl adjacent to an activating group) is 4. The van der Waals surface area contributed by atoms with Gasteiger partial charge < -0.3 is 55.9 Å². The maximum Gasteiger partial charge on any atom is 0.408 e. The monoisotopic (exact) mass is 1470 g/mol. The number of ether oxygens (including phenoxy) is 2. The number of rotatable bonds is 9. The quantitative estimate of drug-likeness (QED) is 0.0842. The Morgan fingerprint density at radius 2 is 0.802 bits per heavy atom. The van der Waals surface area contributed by atoms with Gasteiger partial charge in [-0.25, -0.2) is 40.7 Å². The average Bonchev–Trinajstić information content (AvgIpc) is 1.66. The number of amides is 7. The van der Waals surface area contributed by atoms with Crippen LogP contribution in [0.4, 0.5) is 58.7 Å². The highest BCUT2D eigenvalue weighted by molar-refractivity contribution is 6.43. The van der Waals surface area contributed by atoms with E-state index in [1.807, 2.05) is 60.7 Å². The summed E-state index contributed by atoms with van der Waals surface area (Å²) < 4.78 is 96.3. The Balaban J connectivity index is 0.000000171. The molecule has 0 aromatic heterocycles. The number of halogens is 6. The maximum absolute atomic E-state index is 14.8. The molecule has 6 N–H and O–H groups in total. The van der Waals surface area contributed by atoms with Gasteiger partial charge >= 0.3 is 18.2 Å². The highest BCUT2D eigenvalue weighted by atomic mass is 19.3. The highest BCUT2D eigenvalue weighted by Crippen LogP contribution is 2.44. The number of alkyl halides is 6. The van der Waals surface area contributed by atoms with E-state index in [1.54, 1.807) is 91.1 Å². The lowest BCUT2D eigenvalue weighted by Gasteiger charge is -2.24. The number of hydrogen-bond donors (Lipinski definition) is 5. The van der Waals surface area contributed by atoms with E-state index < -0.39 is 114 Å². The first-order valence-electron chi connectivity index (χ1n) is 33.5. The molecule has 0 saturated heterocycles. The largest absolute Gasteiger partial charge is 0.477 e. The van der Waals surface area contributed by atoms with Crippen molar-refractivity contribution < 1.29 is 84.1 Å². The molecule has 0 aliphatic carbocycles. The number of para-hydroxylation sites is 4. The molecule has 30 heteroatoms. The third-order valence-corrected chi connectivity index (χ3v) is 16.9. The Morgan fingerprint density at radius 3 is 1.23 bits per heavy atom. The van der Waals surface area contributed by atoms with Crippen LogP contribution in [0.2, 0.25) is 0 Å². The van der Waals surface area contributed by atoms with Crippen LogP contribution < -0.4 is 41.3 Å². The fourth-order valence-electron chi connectivity index (χ4n) is 11.8. The molecule has 6 aromatic rings. The number of carbonyl (C=O) groups excluding carboxylic acids is 8. The van der Waals surface area contributed by atoms with Gasteiger partial charge in [-0.1, -0.05) is 127 Å². The average molecular weight is 1470 g/mol. The van der Waals surface area contributed by atoms with Crippen molar-refractivity contribution >= 4 is 99.1 Å². The first-order chi connectivity index (χ1) is 49.7. The van der Waals surface area contributed by atoms with Crippen LogP contribution in [0.1, 0.15) is 118 Å². The third kappa shape index (κ3) is 20.7. The normalized spacial score (nSPS) is 19.7. The number of fused-ring (bicyclic) bond motifs is 4. The van der Waals surface area contributed by atoms with Crippen molar-refractivity contribution in [1.82, 2.24) is 16.0 Å². The van der Waals surface area contributed by atoms with Crippen molar-refractivity contribution in [1.29, 1.82) is 0 Å². The lowest BCUT2D eigenvalue weighted by Crippen LogP contribution is -2.49. The molecule has 4 unspecified atom stereocenters. The number of carboxylic acids is 1. The van der Waals surface area contributed by atoms with E-state index in [2.05, 4.69) is 36.4 Å². The van der Waals surface area contributed by atoms with Crippen LogP contribution in [-0.2, 0) is 68.9 Å². The van der Waals surface area contributed by atoms with Gasteiger partial charge in [0.2, 0.25) is 23.6 Å². The fraction of sp³-hybridized carbons (Fsp3) is 0.355. The van der Waals surface area contributed by atoms with Gasteiger partial charge in [0.05, 0.1) is 40.2 Å². The van der Waals surface area contributed by atoms with E-state index >= 15 is 0 Å². The van der Waals surface area contributed by atoms with Gasteiger partial charge in [-0.3, -0.25) is 28.8 Å². The van der Waals surface area contributed by atoms with Gasteiger partial charge in [-0.05, 0) is 83.0 Å². The van der Waals surface area contributed by atoms with Crippen molar-refractivity contribution in [2.45, 2.75) is 146 Å². The minimum absolute atomic E-state index is 0.0839. The lowest BCUT2D eigenvalue weighted by atomic mass is 10.0. The summed E-state index contributed by atoms with van der Waals surface area (Å²) in [6, 6.07) is 39.2. The number of ketones is 1. The molecule has 106 heavy (non-hydrogen) atoms. The van der Waals surface area contributed by atoms with Gasteiger partial charge in [0.25, 0.3) is 23.7 Å². The number of anilines is 4. The smallest absolute Gasteiger partial charge is 0.408 e. The fourth-order valence-corrected chi connectivity index (χ4v) is 11.8. The van der Waals surface area contributed by atoms with Crippen LogP contribution in [0.3, 0.4) is 0 Å². The zero-order valence-corrected chi connectivity index (χ0v) is 59.8. The molecule has 6 aliphatic heterocycles. The van der Waals surface area contributed by atoms with Gasteiger partial charge in [-0.15, -0.1) is 10.2 Å². The molecule has 0 saturated carbocycles. The minimum atomic E-state index is -3.26. The number of nitrogens with one attached hydrogen (secondary N) is 3. The van der Waals surface area contributed by atoms with Gasteiger partial charge in [0, 0.05) is 102 Å². The standard InChI is InChI=1S/C22H20F2N4O2.C16H20F2N2O3.C16H20N2O4.C11H12F2N2O.C11H10N2O2/c1-28-19-10-6-5-9-16(19)22(23,24)13-18(21(28)30)25-20(29)17-12-15(26-27-17)11-14-7-3-2-4-8-14;1-15(2,3)23-14(22)19-11-9-16(17,18)10-7-5-6-8-12(10)20(4)13(11)21;1-16(2,3)22-15(21)17-11-9-13(19)10-7-5-6-8-12(10)18(4)14(11)20;1-15-9-5-3-2-4-7(9)11(12,13)6-8(14)10(15)16;14-11(15)10-7-9(12-13-10)6-8-4-2-1-3-5-8/h2-10,18H,11-13H2,1H3,(H,25,29);5-8,11H,9H2,1-4H3,(H,19,22);5-8,11H,9H2,1-4H3,(H,17,21);2-5,8H,6,14H2,1H3;1-5H,6-7H2,(H,14,15). The van der Waals surface area contributed by atoms with Crippen LogP contribution >= 0.6 is 0 Å². The van der Waals surface area contributed by atoms with Crippen LogP contribution in [0, 0.1) is 0 Å². The molecular formula is C76H82F6N12O12. The first-order valence-corrected chi connectivity index (χ1v) is 33.5. The number of aliphatic carboxylic acids is 1. The molecular weight excluding hydrogens is 1390 g/mol. The van der Waals surface area contributed by atoms with E-state index in [0.29, 0.717) is 36.2 Å². The molecule has 0 spiro atoms. The number of benzene rings is 6. The van der Waals surface area contributed by atoms with E-state index in [1.165, 1.54) is 85.5 Å². The van der Waals surface area contributed by atoms with E-state index in [-0.39, 0.29) is 69.7 Å². The van der Waals surface area contributed by atoms with Crippen LogP contribution in [-0.4, -0.2) is 145 Å². The summed E-state index contributed by atoms with van der Waals surface area (Å²) in [7, 11) is 5.88. The van der Waals surface area contributed by atoms with E-state index in [9.17, 15) is 69.5 Å². The predicted molar refractivity (Wildman–Crippen MR) is 387 cm³/mol. The topological polar surface area (TPSA) is 317 Å². The molecule has 0 fully saturated rings. The third-order valence-electron chi connectivity index (χ3n) is 16.9. The van der Waals surface area contributed by atoms with Crippen molar-refractivity contribution in [3.8, 4) is 0 Å². The highest BCUT2D eigenvalue weighted by Gasteiger charge is 2.48. The SMILES string of the molecule is CN1C(=O)C(N)CC(F)(F)c2ccccc21.CN1C(=O)C(NC(=O)C2=NN=C(Cc3ccccc3)C2)CC(F)(F)c2ccccc21.CN1C(=O)C(NC(=O)OC(C)(C)C)CC(=O)c2ccccc21.CN1C(=O)C(NC(=O)OC(C)(C)C)CC(F)(F)c2ccccc21.O=C(O)C1=NN=C(Cc2ccccc2)C1. The number of nitrogens with two attached hydrogens (primary N) is 1. The summed E-state index contributed by atoms with van der Waals surface area (Å²) in [6.45, 7) is 10.1. The van der Waals surface area contributed by atoms with Gasteiger partial charge in [0.1, 0.15) is 35.0 Å². The van der Waals surface area contributed by atoms with E-state index in [4.69, 9.17) is 20.3 Å². The number of nitrogens with zero attached hydrogens (tertiary/aromatic N) is 8. The summed E-state index contributed by atoms with van der Waals surface area (Å²) in [5.41, 5.74) is 8.82. The number of hydrogen-bond acceptors (Lipinski definition) is 16. The molecule has 6 aromatic carbocycles. The minimum Gasteiger partial charge on any atom is -0.477 e. The second-order valence-electron chi connectivity index (χ2n) is 27.5. The van der Waals surface area contributed by atoms with Crippen molar-refractivity contribution in [2.24, 2.45) is 26.1 Å². The Kier molecular flexibility index (Phi) is 25.4. The second kappa shape index (κ2) is 33.6. The Labute approximate surface area is 607 Å². The van der Waals surface area contributed by atoms with Crippen molar-refractivity contribution in [3.05, 3.63) is 191 Å². The molecule has 7 amide bonds. The van der Waals surface area contributed by atoms with Crippen LogP contribution in [0.5, 0.6) is 0 Å². The Morgan fingerprint density at radius 1 is 0.462 bits per heavy atom. The zero-order chi connectivity index (χ0) is 77.8. The molecule has 6 heterocycles. The second-order valence-corrected chi connectivity index (χ2v) is 27.5. The number of alkyl carbamates (subject to hydrolysis) is 2. The molecule has 6 aliphatic rings. The van der Waals surface area contributed by atoms with Crippen molar-refractivity contribution in [3.63, 3.8) is 0 Å². The predicted octanol–water partition coefficient (Wildman–Crippen LogP) is 11.2. The van der Waals surface area contributed by atoms with Crippen LogP contribution in [0.15, 0.2) is 178 Å². The molecule has 560 valence electrons.